The highest BCUT2D eigenvalue weighted by molar-refractivity contribution is 5.96. The smallest absolute Gasteiger partial charge is 0.269 e. The zero-order valence-electron chi connectivity index (χ0n) is 15.0. The van der Waals surface area contributed by atoms with Crippen molar-refractivity contribution in [1.82, 2.24) is 10.2 Å². The molecule has 0 radical (unpaired) electrons. The van der Waals surface area contributed by atoms with Gasteiger partial charge in [-0.3, -0.25) is 9.79 Å². The number of piperidine rings is 1. The van der Waals surface area contributed by atoms with E-state index in [1.54, 1.807) is 12.0 Å². The third kappa shape index (κ3) is 6.15. The van der Waals surface area contributed by atoms with Gasteiger partial charge in [0.1, 0.15) is 0 Å². The third-order valence-electron chi connectivity index (χ3n) is 4.86. The number of nitriles is 1. The average molecular weight is 347 g/mol. The first kappa shape index (κ1) is 19.4. The van der Waals surface area contributed by atoms with Gasteiger partial charge in [-0.25, -0.2) is 0 Å². The van der Waals surface area contributed by atoms with Gasteiger partial charge in [0.2, 0.25) is 0 Å². The number of allylic oxidation sites excluding steroid dienone is 1. The molecular weight excluding hydrogens is 318 g/mol. The summed E-state index contributed by atoms with van der Waals surface area (Å²) >= 11 is 0. The van der Waals surface area contributed by atoms with Gasteiger partial charge in [-0.1, -0.05) is 0 Å². The first-order chi connectivity index (χ1) is 12.1. The second-order valence-corrected chi connectivity index (χ2v) is 6.97. The minimum atomic E-state index is -0.145. The molecule has 2 rings (SSSR count). The normalized spacial score (nSPS) is 20.6. The Morgan fingerprint density at radius 1 is 1.48 bits per heavy atom. The van der Waals surface area contributed by atoms with Gasteiger partial charge in [-0.05, 0) is 31.8 Å². The molecule has 2 fully saturated rings. The van der Waals surface area contributed by atoms with Gasteiger partial charge in [0.25, 0.3) is 5.91 Å². The molecule has 3 N–H and O–H groups in total. The molecule has 25 heavy (non-hydrogen) atoms. The van der Waals surface area contributed by atoms with Crippen LogP contribution >= 0.6 is 0 Å². The molecule has 1 saturated carbocycles. The van der Waals surface area contributed by atoms with Crippen LogP contribution in [0.2, 0.25) is 0 Å². The van der Waals surface area contributed by atoms with Crippen molar-refractivity contribution in [3.63, 3.8) is 0 Å². The van der Waals surface area contributed by atoms with E-state index in [2.05, 4.69) is 10.3 Å². The number of nitrogens with one attached hydrogen (secondary N) is 1. The maximum Gasteiger partial charge on any atom is 0.269 e. The Bertz CT molecular complexity index is 540. The number of likely N-dealkylation sites (tertiary alicyclic amines) is 1. The largest absolute Gasteiger partial charge is 0.394 e. The number of ether oxygens (including phenoxy) is 1. The molecule has 0 unspecified atom stereocenters. The second kappa shape index (κ2) is 9.54. The lowest BCUT2D eigenvalue weighted by molar-refractivity contribution is -0.130. The van der Waals surface area contributed by atoms with E-state index in [4.69, 9.17) is 15.7 Å². The number of hydrogen-bond donors (Lipinski definition) is 2. The van der Waals surface area contributed by atoms with Crippen LogP contribution in [0.3, 0.4) is 0 Å². The standard InChI is InChI=1S/C18H29N5O2/c1-25-14-18(13-22-15-3-4-15)6-11-23(12-7-18)17(24)16(20)5-10-21-9-2-8-19/h5,10,15,22H,2-4,6-7,9,11-14,20H2,1H3. The molecule has 1 aliphatic carbocycles. The van der Waals surface area contributed by atoms with E-state index in [-0.39, 0.29) is 17.0 Å². The summed E-state index contributed by atoms with van der Waals surface area (Å²) in [5.41, 5.74) is 6.17. The molecule has 0 bridgehead atoms. The van der Waals surface area contributed by atoms with Crippen molar-refractivity contribution in [3.8, 4) is 6.07 Å². The van der Waals surface area contributed by atoms with E-state index in [0.29, 0.717) is 38.7 Å². The molecule has 0 aromatic heterocycles. The molecule has 2 aliphatic rings. The number of hydrogen-bond acceptors (Lipinski definition) is 6. The Balaban J connectivity index is 1.83. The fraction of sp³-hybridized carbons (Fsp3) is 0.722. The molecule has 0 aromatic rings. The number of carbonyl (C=O) groups excluding carboxylic acids is 1. The highest BCUT2D eigenvalue weighted by Gasteiger charge is 2.37. The van der Waals surface area contributed by atoms with Gasteiger partial charge in [-0.15, -0.1) is 0 Å². The Morgan fingerprint density at radius 3 is 2.80 bits per heavy atom. The van der Waals surface area contributed by atoms with Gasteiger partial charge in [0.05, 0.1) is 31.3 Å². The van der Waals surface area contributed by atoms with E-state index in [1.165, 1.54) is 25.1 Å². The maximum atomic E-state index is 12.4. The van der Waals surface area contributed by atoms with Crippen molar-refractivity contribution in [2.75, 3.05) is 39.9 Å². The van der Waals surface area contributed by atoms with Crippen LogP contribution in [-0.4, -0.2) is 63.0 Å². The number of methoxy groups -OCH3 is 1. The molecule has 138 valence electrons. The number of amides is 1. The van der Waals surface area contributed by atoms with Crippen LogP contribution < -0.4 is 11.1 Å². The molecular formula is C18H29N5O2. The van der Waals surface area contributed by atoms with E-state index in [1.807, 2.05) is 6.07 Å². The molecule has 7 heteroatoms. The van der Waals surface area contributed by atoms with Crippen LogP contribution in [0.4, 0.5) is 0 Å². The Hall–Kier alpha value is -1.91. The summed E-state index contributed by atoms with van der Waals surface area (Å²) in [7, 11) is 1.74. The fourth-order valence-electron chi connectivity index (χ4n) is 3.09. The predicted molar refractivity (Wildman–Crippen MR) is 97.0 cm³/mol. The van der Waals surface area contributed by atoms with E-state index in [9.17, 15) is 4.79 Å². The molecule has 7 nitrogen and oxygen atoms in total. The van der Waals surface area contributed by atoms with Gasteiger partial charge in [0, 0.05) is 44.4 Å². The predicted octanol–water partition coefficient (Wildman–Crippen LogP) is 0.821. The summed E-state index contributed by atoms with van der Waals surface area (Å²) in [6, 6.07) is 2.69. The average Bonchev–Trinajstić information content (AvgIpc) is 3.44. The Kier molecular flexibility index (Phi) is 7.41. The molecule has 1 heterocycles. The van der Waals surface area contributed by atoms with Crippen LogP contribution in [0.25, 0.3) is 0 Å². The molecule has 1 saturated heterocycles. The van der Waals surface area contributed by atoms with Crippen LogP contribution in [0.1, 0.15) is 32.1 Å². The fourth-order valence-corrected chi connectivity index (χ4v) is 3.09. The van der Waals surface area contributed by atoms with Crippen molar-refractivity contribution >= 4 is 12.1 Å². The van der Waals surface area contributed by atoms with Gasteiger partial charge in [-0.2, -0.15) is 5.26 Å². The zero-order valence-corrected chi connectivity index (χ0v) is 15.0. The van der Waals surface area contributed by atoms with Crippen molar-refractivity contribution < 1.29 is 9.53 Å². The van der Waals surface area contributed by atoms with E-state index < -0.39 is 0 Å². The van der Waals surface area contributed by atoms with Gasteiger partial charge >= 0.3 is 0 Å². The summed E-state index contributed by atoms with van der Waals surface area (Å²) in [6.07, 6.45) is 7.75. The van der Waals surface area contributed by atoms with Crippen LogP contribution in [0.15, 0.2) is 16.8 Å². The van der Waals surface area contributed by atoms with Crippen LogP contribution in [0.5, 0.6) is 0 Å². The number of rotatable bonds is 9. The first-order valence-corrected chi connectivity index (χ1v) is 8.94. The molecule has 0 atom stereocenters. The molecule has 1 aliphatic heterocycles. The SMILES string of the molecule is COCC1(CNC2CC2)CCN(C(=O)C(N)=CC=NCCC#N)CC1. The quantitative estimate of drug-likeness (QED) is 0.365. The minimum Gasteiger partial charge on any atom is -0.394 e. The van der Waals surface area contributed by atoms with Crippen molar-refractivity contribution in [1.29, 1.82) is 5.26 Å². The second-order valence-electron chi connectivity index (χ2n) is 6.97. The first-order valence-electron chi connectivity index (χ1n) is 8.94. The van der Waals surface area contributed by atoms with Crippen molar-refractivity contribution in [3.05, 3.63) is 11.8 Å². The summed E-state index contributed by atoms with van der Waals surface area (Å²) in [5, 5.41) is 12.1. The number of carbonyl (C=O) groups is 1. The van der Waals surface area contributed by atoms with Crippen molar-refractivity contribution in [2.24, 2.45) is 16.1 Å². The van der Waals surface area contributed by atoms with E-state index >= 15 is 0 Å². The summed E-state index contributed by atoms with van der Waals surface area (Å²) in [6.45, 7) is 3.46. The van der Waals surface area contributed by atoms with Gasteiger partial charge < -0.3 is 20.7 Å². The highest BCUT2D eigenvalue weighted by atomic mass is 16.5. The molecule has 1 amide bonds. The monoisotopic (exact) mass is 347 g/mol. The number of nitrogens with zero attached hydrogens (tertiary/aromatic N) is 3. The summed E-state index contributed by atoms with van der Waals surface area (Å²) < 4.78 is 5.45. The summed E-state index contributed by atoms with van der Waals surface area (Å²) in [4.78, 5) is 18.3. The zero-order chi connectivity index (χ0) is 18.1. The van der Waals surface area contributed by atoms with Crippen LogP contribution in [0, 0.1) is 16.7 Å². The molecule has 0 aromatic carbocycles. The van der Waals surface area contributed by atoms with Crippen LogP contribution in [-0.2, 0) is 9.53 Å². The lowest BCUT2D eigenvalue weighted by Crippen LogP contribution is -2.50. The lowest BCUT2D eigenvalue weighted by atomic mass is 9.78. The summed E-state index contributed by atoms with van der Waals surface area (Å²) in [5.74, 6) is -0.145. The maximum absolute atomic E-state index is 12.4. The highest BCUT2D eigenvalue weighted by Crippen LogP contribution is 2.33. The topological polar surface area (TPSA) is 104 Å². The third-order valence-corrected chi connectivity index (χ3v) is 4.86. The lowest BCUT2D eigenvalue weighted by Gasteiger charge is -2.41. The Labute approximate surface area is 149 Å². The molecule has 0 spiro atoms. The van der Waals surface area contributed by atoms with Crippen molar-refractivity contribution in [2.45, 2.75) is 38.1 Å². The van der Waals surface area contributed by atoms with E-state index in [0.717, 1.165) is 19.4 Å². The minimum absolute atomic E-state index is 0.103. The number of nitrogens with two attached hydrogens (primary N) is 1. The number of aliphatic imine (C=N–C) groups is 1. The Morgan fingerprint density at radius 2 is 2.20 bits per heavy atom. The van der Waals surface area contributed by atoms with Gasteiger partial charge in [0.15, 0.2) is 0 Å².